The Morgan fingerprint density at radius 3 is 2.30 bits per heavy atom. The van der Waals surface area contributed by atoms with Gasteiger partial charge in [0, 0.05) is 25.6 Å². The molecular weight excluding hydrogens is 542 g/mol. The number of aryl methyl sites for hydroxylation is 1. The molecule has 1 fully saturated rings. The van der Waals surface area contributed by atoms with Crippen LogP contribution in [0, 0.1) is 5.92 Å². The highest BCUT2D eigenvalue weighted by Crippen LogP contribution is 2.23. The first-order valence-electron chi connectivity index (χ1n) is 15.2. The molecule has 3 aromatic carbocycles. The Morgan fingerprint density at radius 2 is 1.60 bits per heavy atom. The Labute approximate surface area is 254 Å². The van der Waals surface area contributed by atoms with E-state index in [9.17, 15) is 19.5 Å². The average molecular weight is 588 g/mol. The number of benzene rings is 3. The fraction of sp³-hybridized carbons (Fsp3) is 0.457. The maximum atomic E-state index is 13.5. The SMILES string of the molecule is CC(C)(C)OCN1CCC(C(=O)NCC(C(=O)NCC(=O)C(O)CCc2ccccc2)c2ccc3ccccc3c2)CC1. The second-order valence-corrected chi connectivity index (χ2v) is 12.4. The van der Waals surface area contributed by atoms with Gasteiger partial charge in [-0.25, -0.2) is 0 Å². The van der Waals surface area contributed by atoms with E-state index in [1.807, 2.05) is 93.6 Å². The van der Waals surface area contributed by atoms with Crippen LogP contribution in [-0.4, -0.2) is 72.2 Å². The van der Waals surface area contributed by atoms with Crippen molar-refractivity contribution in [2.24, 2.45) is 5.92 Å². The third-order valence-electron chi connectivity index (χ3n) is 7.97. The highest BCUT2D eigenvalue weighted by molar-refractivity contribution is 5.92. The smallest absolute Gasteiger partial charge is 0.229 e. The summed E-state index contributed by atoms with van der Waals surface area (Å²) >= 11 is 0. The fourth-order valence-electron chi connectivity index (χ4n) is 5.27. The summed E-state index contributed by atoms with van der Waals surface area (Å²) in [6, 6.07) is 23.4. The number of ether oxygens (including phenoxy) is 1. The van der Waals surface area contributed by atoms with Crippen LogP contribution in [0.2, 0.25) is 0 Å². The van der Waals surface area contributed by atoms with Gasteiger partial charge >= 0.3 is 0 Å². The van der Waals surface area contributed by atoms with Crippen molar-refractivity contribution in [3.8, 4) is 0 Å². The molecule has 8 heteroatoms. The lowest BCUT2D eigenvalue weighted by molar-refractivity contribution is -0.131. The minimum atomic E-state index is -1.17. The first-order chi connectivity index (χ1) is 20.6. The van der Waals surface area contributed by atoms with Crippen LogP contribution in [0.3, 0.4) is 0 Å². The molecule has 3 N–H and O–H groups in total. The van der Waals surface area contributed by atoms with Gasteiger partial charge < -0.3 is 20.5 Å². The summed E-state index contributed by atoms with van der Waals surface area (Å²) in [7, 11) is 0. The van der Waals surface area contributed by atoms with Crippen LogP contribution in [0.15, 0.2) is 72.8 Å². The number of hydrogen-bond acceptors (Lipinski definition) is 6. The van der Waals surface area contributed by atoms with Crippen LogP contribution < -0.4 is 10.6 Å². The summed E-state index contributed by atoms with van der Waals surface area (Å²) in [6.45, 7) is 8.01. The van der Waals surface area contributed by atoms with E-state index in [0.29, 0.717) is 13.2 Å². The topological polar surface area (TPSA) is 108 Å². The Morgan fingerprint density at radius 1 is 0.930 bits per heavy atom. The summed E-state index contributed by atoms with van der Waals surface area (Å²) in [5.74, 6) is -1.70. The van der Waals surface area contributed by atoms with Crippen LogP contribution in [0.1, 0.15) is 57.1 Å². The largest absolute Gasteiger partial charge is 0.385 e. The predicted octanol–water partition coefficient (Wildman–Crippen LogP) is 4.20. The van der Waals surface area contributed by atoms with E-state index >= 15 is 0 Å². The van der Waals surface area contributed by atoms with E-state index in [2.05, 4.69) is 15.5 Å². The molecule has 1 saturated heterocycles. The zero-order valence-corrected chi connectivity index (χ0v) is 25.6. The Balaban J connectivity index is 1.35. The fourth-order valence-corrected chi connectivity index (χ4v) is 5.27. The summed E-state index contributed by atoms with van der Waals surface area (Å²) in [6.07, 6.45) is 1.13. The number of ketones is 1. The Kier molecular flexibility index (Phi) is 11.4. The number of carbonyl (C=O) groups is 3. The zero-order chi connectivity index (χ0) is 30.8. The number of aliphatic hydroxyl groups is 1. The van der Waals surface area contributed by atoms with Crippen molar-refractivity contribution in [1.82, 2.24) is 15.5 Å². The van der Waals surface area contributed by atoms with Crippen LogP contribution in [-0.2, 0) is 25.5 Å². The molecule has 0 saturated carbocycles. The van der Waals surface area contributed by atoms with E-state index in [1.54, 1.807) is 0 Å². The van der Waals surface area contributed by atoms with Crippen molar-refractivity contribution in [2.45, 2.75) is 64.1 Å². The number of aliphatic hydroxyl groups excluding tert-OH is 1. The van der Waals surface area contributed by atoms with Crippen molar-refractivity contribution >= 4 is 28.4 Å². The van der Waals surface area contributed by atoms with Crippen molar-refractivity contribution in [1.29, 1.82) is 0 Å². The van der Waals surface area contributed by atoms with Crippen LogP contribution in [0.4, 0.5) is 0 Å². The number of piperidine rings is 1. The molecule has 1 aliphatic heterocycles. The van der Waals surface area contributed by atoms with Gasteiger partial charge in [-0.2, -0.15) is 0 Å². The lowest BCUT2D eigenvalue weighted by atomic mass is 9.93. The molecule has 2 amide bonds. The Hall–Kier alpha value is -3.59. The predicted molar refractivity (Wildman–Crippen MR) is 168 cm³/mol. The quantitative estimate of drug-likeness (QED) is 0.277. The molecule has 2 unspecified atom stereocenters. The normalized spacial score (nSPS) is 16.0. The lowest BCUT2D eigenvalue weighted by Gasteiger charge is -2.33. The minimum absolute atomic E-state index is 0.0672. The average Bonchev–Trinajstić information content (AvgIpc) is 3.01. The van der Waals surface area contributed by atoms with Gasteiger partial charge in [-0.1, -0.05) is 72.8 Å². The third kappa shape index (κ3) is 9.99. The lowest BCUT2D eigenvalue weighted by Crippen LogP contribution is -2.45. The van der Waals surface area contributed by atoms with Gasteiger partial charge in [0.25, 0.3) is 0 Å². The summed E-state index contributed by atoms with van der Waals surface area (Å²) in [5, 5.41) is 18.2. The van der Waals surface area contributed by atoms with Crippen LogP contribution in [0.5, 0.6) is 0 Å². The maximum Gasteiger partial charge on any atom is 0.229 e. The molecule has 0 bridgehead atoms. The number of likely N-dealkylation sites (tertiary alicyclic amines) is 1. The molecule has 3 aromatic rings. The first-order valence-corrected chi connectivity index (χ1v) is 15.2. The number of Topliss-reactive ketones (excluding diaryl/α,β-unsaturated/α-hetero) is 1. The molecule has 1 aliphatic rings. The molecule has 1 heterocycles. The zero-order valence-electron chi connectivity index (χ0n) is 25.6. The van der Waals surface area contributed by atoms with E-state index in [0.717, 1.165) is 47.8 Å². The molecule has 2 atom stereocenters. The molecule has 230 valence electrons. The van der Waals surface area contributed by atoms with Crippen molar-refractivity contribution < 1.29 is 24.2 Å². The summed E-state index contributed by atoms with van der Waals surface area (Å²) < 4.78 is 5.88. The van der Waals surface area contributed by atoms with Gasteiger partial charge in [0.1, 0.15) is 6.10 Å². The van der Waals surface area contributed by atoms with Crippen LogP contribution >= 0.6 is 0 Å². The van der Waals surface area contributed by atoms with Gasteiger partial charge in [-0.05, 0) is 68.4 Å². The van der Waals surface area contributed by atoms with E-state index in [1.165, 1.54) is 0 Å². The number of carbonyl (C=O) groups excluding carboxylic acids is 3. The number of fused-ring (bicyclic) bond motifs is 1. The van der Waals surface area contributed by atoms with Gasteiger partial charge in [0.2, 0.25) is 11.8 Å². The number of hydrogen-bond donors (Lipinski definition) is 3. The molecule has 0 radical (unpaired) electrons. The molecular formula is C35H45N3O5. The molecule has 43 heavy (non-hydrogen) atoms. The monoisotopic (exact) mass is 587 g/mol. The molecule has 0 spiro atoms. The highest BCUT2D eigenvalue weighted by Gasteiger charge is 2.28. The van der Waals surface area contributed by atoms with Gasteiger partial charge in [-0.3, -0.25) is 19.3 Å². The maximum absolute atomic E-state index is 13.5. The first kappa shape index (κ1) is 32.3. The molecule has 0 aliphatic carbocycles. The van der Waals surface area contributed by atoms with Crippen molar-refractivity contribution in [2.75, 3.05) is 32.9 Å². The number of amides is 2. The van der Waals surface area contributed by atoms with Crippen molar-refractivity contribution in [3.05, 3.63) is 83.9 Å². The van der Waals surface area contributed by atoms with Gasteiger partial charge in [0.15, 0.2) is 5.78 Å². The number of nitrogens with one attached hydrogen (secondary N) is 2. The van der Waals surface area contributed by atoms with Gasteiger partial charge in [0.05, 0.1) is 24.8 Å². The minimum Gasteiger partial charge on any atom is -0.385 e. The molecule has 0 aromatic heterocycles. The van der Waals surface area contributed by atoms with Gasteiger partial charge in [-0.15, -0.1) is 0 Å². The van der Waals surface area contributed by atoms with E-state index < -0.39 is 17.8 Å². The molecule has 8 nitrogen and oxygen atoms in total. The number of rotatable bonds is 13. The molecule has 4 rings (SSSR count). The van der Waals surface area contributed by atoms with E-state index in [-0.39, 0.29) is 42.8 Å². The third-order valence-corrected chi connectivity index (χ3v) is 7.97. The number of nitrogens with zero attached hydrogens (tertiary/aromatic N) is 1. The highest BCUT2D eigenvalue weighted by atomic mass is 16.5. The summed E-state index contributed by atoms with van der Waals surface area (Å²) in [4.78, 5) is 41.5. The van der Waals surface area contributed by atoms with Crippen LogP contribution in [0.25, 0.3) is 10.8 Å². The second-order valence-electron chi connectivity index (χ2n) is 12.4. The Bertz CT molecular complexity index is 1360. The standard InChI is InChI=1S/C35H45N3O5/c1-35(2,3)43-24-38-19-17-27(18-20-38)33(41)36-22-30(29-15-14-26-11-7-8-12-28(26)21-29)34(42)37-23-32(40)31(39)16-13-25-9-5-4-6-10-25/h4-12,14-15,21,27,30-31,39H,13,16-20,22-24H2,1-3H3,(H,36,41)(H,37,42). The summed E-state index contributed by atoms with van der Waals surface area (Å²) in [5.41, 5.74) is 1.58. The second kappa shape index (κ2) is 15.2. The van der Waals surface area contributed by atoms with Crippen molar-refractivity contribution in [3.63, 3.8) is 0 Å². The van der Waals surface area contributed by atoms with E-state index in [4.69, 9.17) is 4.74 Å².